The third-order valence-corrected chi connectivity index (χ3v) is 2.09. The Morgan fingerprint density at radius 3 is 3.19 bits per heavy atom. The van der Waals surface area contributed by atoms with Crippen molar-refractivity contribution in [1.29, 1.82) is 5.26 Å². The van der Waals surface area contributed by atoms with Gasteiger partial charge in [0.1, 0.15) is 6.07 Å². The van der Waals surface area contributed by atoms with E-state index in [0.29, 0.717) is 30.8 Å². The monoisotopic (exact) mass is 221 g/mol. The van der Waals surface area contributed by atoms with Gasteiger partial charge in [-0.05, 0) is 12.5 Å². The Labute approximate surface area is 94.7 Å². The first-order valence-corrected chi connectivity index (χ1v) is 5.03. The molecule has 0 spiro atoms. The molecule has 5 nitrogen and oxygen atoms in total. The summed E-state index contributed by atoms with van der Waals surface area (Å²) in [5.41, 5.74) is 1.24. The molecule has 0 aromatic carbocycles. The van der Waals surface area contributed by atoms with E-state index in [4.69, 9.17) is 10.00 Å². The predicted molar refractivity (Wildman–Crippen MR) is 59.9 cm³/mol. The fourth-order valence-electron chi connectivity index (χ4n) is 1.28. The van der Waals surface area contributed by atoms with Crippen molar-refractivity contribution in [3.8, 4) is 6.07 Å². The van der Waals surface area contributed by atoms with Crippen molar-refractivity contribution < 1.29 is 9.84 Å². The average molecular weight is 221 g/mol. The summed E-state index contributed by atoms with van der Waals surface area (Å²) in [6, 6.07) is 3.72. The number of aliphatic hydroxyl groups excluding tert-OH is 1. The second-order valence-electron chi connectivity index (χ2n) is 3.36. The van der Waals surface area contributed by atoms with E-state index >= 15 is 0 Å². The summed E-state index contributed by atoms with van der Waals surface area (Å²) >= 11 is 0. The summed E-state index contributed by atoms with van der Waals surface area (Å²) in [6.45, 7) is 0.894. The minimum atomic E-state index is -0.486. The molecule has 1 aromatic rings. The molecule has 16 heavy (non-hydrogen) atoms. The van der Waals surface area contributed by atoms with Crippen LogP contribution in [-0.4, -0.2) is 36.5 Å². The topological polar surface area (TPSA) is 78.2 Å². The number of rotatable bonds is 6. The van der Waals surface area contributed by atoms with Gasteiger partial charge in [0.25, 0.3) is 0 Å². The molecule has 1 heterocycles. The number of nitriles is 1. The van der Waals surface area contributed by atoms with Crippen molar-refractivity contribution >= 4 is 5.69 Å². The fourth-order valence-corrected chi connectivity index (χ4v) is 1.28. The molecule has 0 bridgehead atoms. The molecule has 0 saturated carbocycles. The van der Waals surface area contributed by atoms with Gasteiger partial charge in [-0.25, -0.2) is 0 Å². The van der Waals surface area contributed by atoms with Gasteiger partial charge in [0.2, 0.25) is 0 Å². The van der Waals surface area contributed by atoms with Crippen molar-refractivity contribution in [2.24, 2.45) is 0 Å². The number of methoxy groups -OCH3 is 1. The van der Waals surface area contributed by atoms with Crippen LogP contribution in [0.2, 0.25) is 0 Å². The third-order valence-electron chi connectivity index (χ3n) is 2.09. The van der Waals surface area contributed by atoms with E-state index < -0.39 is 6.10 Å². The number of pyridine rings is 1. The summed E-state index contributed by atoms with van der Waals surface area (Å²) in [5, 5.41) is 21.3. The van der Waals surface area contributed by atoms with Crippen LogP contribution in [0, 0.1) is 11.3 Å². The van der Waals surface area contributed by atoms with E-state index in [1.807, 2.05) is 0 Å². The quantitative estimate of drug-likeness (QED) is 0.741. The zero-order valence-electron chi connectivity index (χ0n) is 9.18. The van der Waals surface area contributed by atoms with E-state index in [-0.39, 0.29) is 0 Å². The number of nitrogens with one attached hydrogen (secondary N) is 1. The van der Waals surface area contributed by atoms with E-state index in [0.717, 1.165) is 0 Å². The van der Waals surface area contributed by atoms with Gasteiger partial charge in [-0.3, -0.25) is 4.98 Å². The van der Waals surface area contributed by atoms with Crippen LogP contribution < -0.4 is 5.32 Å². The van der Waals surface area contributed by atoms with Crippen LogP contribution in [-0.2, 0) is 4.74 Å². The Hall–Kier alpha value is -1.64. The molecule has 1 unspecified atom stereocenters. The normalized spacial score (nSPS) is 11.8. The zero-order chi connectivity index (χ0) is 11.8. The lowest BCUT2D eigenvalue weighted by atomic mass is 10.2. The van der Waals surface area contributed by atoms with E-state index in [1.165, 1.54) is 0 Å². The maximum absolute atomic E-state index is 9.41. The van der Waals surface area contributed by atoms with Crippen LogP contribution in [0.4, 0.5) is 5.69 Å². The Morgan fingerprint density at radius 1 is 1.69 bits per heavy atom. The molecule has 0 amide bonds. The van der Waals surface area contributed by atoms with Gasteiger partial charge < -0.3 is 15.2 Å². The van der Waals surface area contributed by atoms with Crippen LogP contribution in [0.5, 0.6) is 0 Å². The van der Waals surface area contributed by atoms with Gasteiger partial charge in [-0.2, -0.15) is 5.26 Å². The lowest BCUT2D eigenvalue weighted by Crippen LogP contribution is -2.18. The Bertz CT molecular complexity index is 362. The molecule has 86 valence electrons. The summed E-state index contributed by atoms with van der Waals surface area (Å²) in [6.07, 6.45) is 3.25. The Morgan fingerprint density at radius 2 is 2.50 bits per heavy atom. The molecule has 2 N–H and O–H groups in total. The predicted octanol–water partition coefficient (Wildman–Crippen LogP) is 0.763. The highest BCUT2D eigenvalue weighted by molar-refractivity contribution is 5.55. The first kappa shape index (κ1) is 12.4. The molecular weight excluding hydrogens is 206 g/mol. The molecule has 5 heteroatoms. The Balaban J connectivity index is 2.40. The number of aromatic nitrogens is 1. The van der Waals surface area contributed by atoms with Crippen LogP contribution in [0.25, 0.3) is 0 Å². The highest BCUT2D eigenvalue weighted by Gasteiger charge is 2.04. The summed E-state index contributed by atoms with van der Waals surface area (Å²) in [5.74, 6) is 0. The van der Waals surface area contributed by atoms with E-state index in [9.17, 15) is 5.11 Å². The van der Waals surface area contributed by atoms with Crippen LogP contribution in [0.3, 0.4) is 0 Å². The van der Waals surface area contributed by atoms with Crippen LogP contribution >= 0.6 is 0 Å². The SMILES string of the molecule is COCC(O)CCNc1cnccc1C#N. The van der Waals surface area contributed by atoms with Gasteiger partial charge in [0, 0.05) is 19.9 Å². The standard InChI is InChI=1S/C11H15N3O2/c1-16-8-10(15)3-5-14-11-7-13-4-2-9(11)6-12/h2,4,7,10,14-15H,3,5,8H2,1H3. The number of hydrogen-bond acceptors (Lipinski definition) is 5. The van der Waals surface area contributed by atoms with Crippen molar-refractivity contribution in [3.63, 3.8) is 0 Å². The van der Waals surface area contributed by atoms with E-state index in [1.54, 1.807) is 25.6 Å². The molecule has 0 radical (unpaired) electrons. The van der Waals surface area contributed by atoms with Crippen molar-refractivity contribution in [3.05, 3.63) is 24.0 Å². The van der Waals surface area contributed by atoms with Crippen molar-refractivity contribution in [2.75, 3.05) is 25.6 Å². The maximum Gasteiger partial charge on any atom is 0.101 e. The van der Waals surface area contributed by atoms with Gasteiger partial charge in [0.05, 0.1) is 30.2 Å². The van der Waals surface area contributed by atoms with Crippen molar-refractivity contribution in [2.45, 2.75) is 12.5 Å². The van der Waals surface area contributed by atoms with Crippen LogP contribution in [0.15, 0.2) is 18.5 Å². The second-order valence-corrected chi connectivity index (χ2v) is 3.36. The Kier molecular flexibility index (Phi) is 5.26. The number of nitrogens with zero attached hydrogens (tertiary/aromatic N) is 2. The maximum atomic E-state index is 9.41. The number of aliphatic hydroxyl groups is 1. The molecule has 0 aliphatic rings. The number of hydrogen-bond donors (Lipinski definition) is 2. The molecule has 0 saturated heterocycles. The summed E-state index contributed by atoms with van der Waals surface area (Å²) < 4.78 is 4.81. The minimum Gasteiger partial charge on any atom is -0.391 e. The van der Waals surface area contributed by atoms with Gasteiger partial charge in [-0.1, -0.05) is 0 Å². The smallest absolute Gasteiger partial charge is 0.101 e. The van der Waals surface area contributed by atoms with Gasteiger partial charge in [0.15, 0.2) is 0 Å². The lowest BCUT2D eigenvalue weighted by molar-refractivity contribution is 0.0615. The number of ether oxygens (including phenoxy) is 1. The minimum absolute atomic E-state index is 0.319. The largest absolute Gasteiger partial charge is 0.391 e. The summed E-state index contributed by atoms with van der Waals surface area (Å²) in [4.78, 5) is 3.93. The highest BCUT2D eigenvalue weighted by Crippen LogP contribution is 2.11. The lowest BCUT2D eigenvalue weighted by Gasteiger charge is -2.11. The zero-order valence-corrected chi connectivity index (χ0v) is 9.18. The highest BCUT2D eigenvalue weighted by atomic mass is 16.5. The van der Waals surface area contributed by atoms with Crippen LogP contribution in [0.1, 0.15) is 12.0 Å². The third kappa shape index (κ3) is 3.85. The molecule has 1 rings (SSSR count). The first-order chi connectivity index (χ1) is 7.77. The average Bonchev–Trinajstić information content (AvgIpc) is 2.30. The molecule has 0 aliphatic carbocycles. The second kappa shape index (κ2) is 6.77. The molecule has 0 fully saturated rings. The van der Waals surface area contributed by atoms with Gasteiger partial charge >= 0.3 is 0 Å². The van der Waals surface area contributed by atoms with Gasteiger partial charge in [-0.15, -0.1) is 0 Å². The molecule has 1 atom stereocenters. The van der Waals surface area contributed by atoms with E-state index in [2.05, 4.69) is 16.4 Å². The molecule has 1 aromatic heterocycles. The molecular formula is C11H15N3O2. The van der Waals surface area contributed by atoms with Crippen molar-refractivity contribution in [1.82, 2.24) is 4.98 Å². The number of anilines is 1. The fraction of sp³-hybridized carbons (Fsp3) is 0.455. The molecule has 0 aliphatic heterocycles. The first-order valence-electron chi connectivity index (χ1n) is 5.03. The summed E-state index contributed by atoms with van der Waals surface area (Å²) in [7, 11) is 1.55.